The molecule has 148 heavy (non-hydrogen) atoms. The van der Waals surface area contributed by atoms with E-state index in [1.807, 2.05) is 135 Å². The summed E-state index contributed by atoms with van der Waals surface area (Å²) in [4.78, 5) is 116. The van der Waals surface area contributed by atoms with Crippen LogP contribution in [0.15, 0.2) is 205 Å². The second-order valence-corrected chi connectivity index (χ2v) is 42.4. The van der Waals surface area contributed by atoms with Crippen molar-refractivity contribution >= 4 is 90.4 Å². The third-order valence-electron chi connectivity index (χ3n) is 24.5. The summed E-state index contributed by atoms with van der Waals surface area (Å²) in [6.45, 7) is 32.9. The van der Waals surface area contributed by atoms with Gasteiger partial charge in [0.25, 0.3) is 23.6 Å². The van der Waals surface area contributed by atoms with Crippen LogP contribution in [0.2, 0.25) is 0 Å². The number of nitrogen functional groups attached to an aromatic ring is 1. The first-order valence-electron chi connectivity index (χ1n) is 49.1. The van der Waals surface area contributed by atoms with Crippen molar-refractivity contribution in [1.82, 2.24) is 50.2 Å². The molecule has 0 aliphatic carbocycles. The van der Waals surface area contributed by atoms with Gasteiger partial charge in [-0.2, -0.15) is 13.5 Å². The highest BCUT2D eigenvalue weighted by Gasteiger charge is 2.58. The Morgan fingerprint density at radius 3 is 1.30 bits per heavy atom. The third kappa shape index (κ3) is 32.8. The van der Waals surface area contributed by atoms with Gasteiger partial charge in [-0.3, -0.25) is 38.4 Å². The van der Waals surface area contributed by atoms with Crippen LogP contribution in [0.4, 0.5) is 19.5 Å². The number of thiazole rings is 1. The molecule has 39 heteroatoms. The van der Waals surface area contributed by atoms with Crippen LogP contribution < -0.4 is 41.2 Å². The standard InChI is InChI=1S/C24H26N2O6.C21H26N6O8S2.C18H20BrNO.C16H24N2O4.C16H17NO.C14H19NO3/c1-24(2,3)32-23(29)25-11-10-16-14-18(9-8-17(16)15-25)30-12-13-31-26-21(27)19-6-4-5-7-20(19)22(26)28;1-21(2)17(19(29)27(21)35-37(30,31)32)25-18(28)16(15-11-36-20(22)24-15)26-34-8-7-33-14-4-3-13-10-23-6-5-12(13)9-14;19-9-11-21-18-7-6-17-14-20(10-8-16(17)12-18)13-15-4-2-1-3-5-15;1-16(2,3)22-15(19)18-7-6-12-10-14(20-8-9-21-17)5-4-13(12)11-18;18-16-7-6-15-12-17(9-8-14(15)10-16)11-13-4-2-1-3-5-13;1-14(2,3)18-13(17)15-7-6-10-8-12(16)5-4-11(10)9-15/h4-9,14H,10-13,15H2,1-3H3;3-4,9,11,17,23H,5-8,10H2,1-2H3,(H2,22,24)(H,25,28)(H,30,31,32);1-7,12H,8-11,13-14H2;4-5,10H,6-9,11,17H2,1-3H3;1-7,10,18H,8-9,11-12H2;4-5,8,16H,6-7,9H2,1-3H3/b;26-16-;;;;/t;17-;;;;/m.1..../s1. The molecular weight excluding hydrogens is 2000 g/mol. The number of benzene rings is 9. The molecule has 18 rings (SSSR count). The number of alkyl halides is 1. The molecule has 8 aliphatic rings. The lowest BCUT2D eigenvalue weighted by Gasteiger charge is -2.50. The molecule has 0 unspecified atom stereocenters. The summed E-state index contributed by atoms with van der Waals surface area (Å²) < 4.78 is 74.1. The van der Waals surface area contributed by atoms with E-state index in [1.54, 1.807) is 57.2 Å². The van der Waals surface area contributed by atoms with E-state index < -0.39 is 62.4 Å². The fourth-order valence-electron chi connectivity index (χ4n) is 17.3. The Morgan fingerprint density at radius 2 is 0.892 bits per heavy atom. The number of hydrogen-bond donors (Lipinski definition) is 7. The monoisotopic (exact) mass is 2130 g/mol. The number of nitrogens with two attached hydrogens (primary N) is 2. The summed E-state index contributed by atoms with van der Waals surface area (Å²) in [5, 5.41) is 32.3. The predicted molar refractivity (Wildman–Crippen MR) is 560 cm³/mol. The lowest BCUT2D eigenvalue weighted by molar-refractivity contribution is -0.218. The van der Waals surface area contributed by atoms with Crippen molar-refractivity contribution in [2.24, 2.45) is 11.1 Å². The molecule has 1 fully saturated rings. The number of nitrogens with zero attached hydrogens (tertiary/aromatic N) is 9. The molecule has 7 amide bonds. The van der Waals surface area contributed by atoms with Gasteiger partial charge in [0, 0.05) is 95.8 Å². The number of phenols is 2. The normalized spacial score (nSPS) is 16.1. The van der Waals surface area contributed by atoms with Crippen molar-refractivity contribution in [2.45, 2.75) is 195 Å². The van der Waals surface area contributed by atoms with Crippen LogP contribution in [0, 0.1) is 0 Å². The predicted octanol–water partition coefficient (Wildman–Crippen LogP) is 15.5. The number of fused-ring (bicyclic) bond motifs is 7. The number of imide groups is 1. The number of carbonyl (C=O) groups excluding carboxylic acids is 7. The summed E-state index contributed by atoms with van der Waals surface area (Å²) in [7, 11) is -4.93. The zero-order valence-corrected chi connectivity index (χ0v) is 88.5. The second kappa shape index (κ2) is 51.5. The number of amides is 7. The highest BCUT2D eigenvalue weighted by atomic mass is 79.9. The fourth-order valence-corrected chi connectivity index (χ4v) is 18.4. The van der Waals surface area contributed by atoms with Crippen LogP contribution in [-0.4, -0.2) is 230 Å². The molecule has 36 nitrogen and oxygen atoms in total. The molecular formula is C109H132BrN13O23S2. The van der Waals surface area contributed by atoms with Crippen molar-refractivity contribution < 1.29 is 109 Å². The van der Waals surface area contributed by atoms with Gasteiger partial charge in [-0.05, 0) is 284 Å². The zero-order valence-electron chi connectivity index (χ0n) is 85.3. The van der Waals surface area contributed by atoms with Gasteiger partial charge in [0.2, 0.25) is 0 Å². The maximum atomic E-state index is 13.0. The van der Waals surface area contributed by atoms with E-state index in [0.717, 1.165) is 152 Å². The smallest absolute Gasteiger partial charge is 0.418 e. The number of nitrogens with one attached hydrogen (secondary N) is 2. The number of halogens is 1. The lowest BCUT2D eigenvalue weighted by Crippen LogP contribution is -2.76. The number of phenolic OH excluding ortho intramolecular Hbond substituents is 2. The van der Waals surface area contributed by atoms with Crippen molar-refractivity contribution in [1.29, 1.82) is 0 Å². The first-order chi connectivity index (χ1) is 70.6. The van der Waals surface area contributed by atoms with Gasteiger partial charge in [0.1, 0.15) is 96.1 Å². The Bertz CT molecular complexity index is 6380. The highest BCUT2D eigenvalue weighted by Crippen LogP contribution is 2.36. The van der Waals surface area contributed by atoms with Gasteiger partial charge in [0.15, 0.2) is 17.5 Å². The fraction of sp³-hybridized carbons (Fsp3) is 0.404. The van der Waals surface area contributed by atoms with E-state index in [2.05, 4.69) is 134 Å². The van der Waals surface area contributed by atoms with Crippen molar-refractivity contribution in [3.05, 3.63) is 294 Å². The second-order valence-electron chi connectivity index (χ2n) is 39.7. The number of aromatic hydroxyl groups is 2. The summed E-state index contributed by atoms with van der Waals surface area (Å²) in [6.07, 6.45) is 4.44. The molecule has 1 aromatic heterocycles. The largest absolute Gasteiger partial charge is 0.508 e. The van der Waals surface area contributed by atoms with Crippen molar-refractivity contribution in [3.63, 3.8) is 0 Å². The average molecular weight is 2140 g/mol. The molecule has 9 heterocycles. The number of β-lactam (4-membered cyclic amide) rings is 1. The molecule has 0 radical (unpaired) electrons. The van der Waals surface area contributed by atoms with Crippen LogP contribution in [0.25, 0.3) is 0 Å². The third-order valence-corrected chi connectivity index (χ3v) is 25.8. The van der Waals surface area contributed by atoms with E-state index in [1.165, 1.54) is 69.3 Å². The Morgan fingerprint density at radius 1 is 0.500 bits per heavy atom. The van der Waals surface area contributed by atoms with Crippen LogP contribution in [0.5, 0.6) is 34.5 Å². The Kier molecular flexibility index (Phi) is 39.0. The van der Waals surface area contributed by atoms with E-state index in [4.69, 9.17) is 59.0 Å². The van der Waals surface area contributed by atoms with E-state index in [-0.39, 0.29) is 67.0 Å². The number of oxime groups is 1. The number of aromatic nitrogens is 1. The first-order valence-corrected chi connectivity index (χ1v) is 52.4. The molecule has 1 atom stereocenters. The Hall–Kier alpha value is -13.3. The van der Waals surface area contributed by atoms with E-state index in [0.29, 0.717) is 92.3 Å². The topological polar surface area (TPSA) is 440 Å². The molecule has 9 N–H and O–H groups in total. The lowest BCUT2D eigenvalue weighted by atomic mass is 9.84. The molecule has 9 aromatic carbocycles. The van der Waals surface area contributed by atoms with E-state index in [9.17, 15) is 52.2 Å². The van der Waals surface area contributed by atoms with Gasteiger partial charge >= 0.3 is 28.7 Å². The Balaban J connectivity index is 0.000000152. The maximum Gasteiger partial charge on any atom is 0.418 e. The number of carbonyl (C=O) groups is 7. The van der Waals surface area contributed by atoms with Gasteiger partial charge < -0.3 is 84.1 Å². The number of hydrogen-bond acceptors (Lipinski definition) is 30. The Labute approximate surface area is 875 Å². The zero-order chi connectivity index (χ0) is 106. The molecule has 8 aliphatic heterocycles. The number of hydroxylamine groups is 4. The molecule has 0 spiro atoms. The number of ether oxygens (including phenoxy) is 7. The minimum atomic E-state index is -4.93. The van der Waals surface area contributed by atoms with Gasteiger partial charge in [-0.15, -0.1) is 20.7 Å². The minimum Gasteiger partial charge on any atom is -0.508 e. The summed E-state index contributed by atoms with van der Waals surface area (Å²) >= 11 is 4.47. The summed E-state index contributed by atoms with van der Waals surface area (Å²) in [6, 6.07) is 61.7. The quantitative estimate of drug-likeness (QED) is 0.00387. The van der Waals surface area contributed by atoms with Crippen LogP contribution >= 0.6 is 27.3 Å². The first kappa shape index (κ1) is 112. The summed E-state index contributed by atoms with van der Waals surface area (Å²) in [5.74, 6) is 6.14. The molecule has 10 aromatic rings. The van der Waals surface area contributed by atoms with Crippen molar-refractivity contribution in [3.8, 4) is 34.5 Å². The number of anilines is 1. The average Bonchev–Trinajstić information content (AvgIpc) is 0.864. The van der Waals surface area contributed by atoms with Gasteiger partial charge in [0.05, 0.1) is 23.3 Å². The molecule has 0 bridgehead atoms. The molecule has 1 saturated heterocycles. The van der Waals surface area contributed by atoms with Crippen LogP contribution in [-0.2, 0) is 144 Å². The maximum absolute atomic E-state index is 13.0. The summed E-state index contributed by atoms with van der Waals surface area (Å²) in [5.41, 5.74) is 20.9. The van der Waals surface area contributed by atoms with Crippen molar-refractivity contribution in [2.75, 3.05) is 96.6 Å². The van der Waals surface area contributed by atoms with Gasteiger partial charge in [-0.1, -0.05) is 130 Å². The van der Waals surface area contributed by atoms with Crippen LogP contribution in [0.1, 0.15) is 180 Å². The van der Waals surface area contributed by atoms with Gasteiger partial charge in [-0.25, -0.2) is 25.3 Å². The highest BCUT2D eigenvalue weighted by molar-refractivity contribution is 9.09. The van der Waals surface area contributed by atoms with Crippen LogP contribution in [0.3, 0.4) is 0 Å². The van der Waals surface area contributed by atoms with E-state index >= 15 is 0 Å². The molecule has 790 valence electrons. The minimum absolute atomic E-state index is 0.0128. The SMILES string of the molecule is BrCCOc1ccc2c(c1)CCN(Cc1ccccc1)C2.CC(C)(C)OC(=O)N1CCc2cc(O)ccc2C1.CC(C)(C)OC(=O)N1CCc2cc(OCCON)ccc2C1.CC(C)(C)OC(=O)N1CCc2cc(OCCON3C(=O)c4ccccc4C3=O)ccc2C1.CC1(C)[C@H](NC(=O)/C(=N\OCCOc2ccc3c(c2)CCNC3)c2csc(N)n2)C(=O)N1OS(=O)(=O)O.Oc1ccc2c(c1)CCN(Cc1ccccc1)C2. The molecule has 0 saturated carbocycles. The number of rotatable bonds is 26.